The number of nitrogens with zero attached hydrogens (tertiary/aromatic N) is 4. The second-order valence-corrected chi connectivity index (χ2v) is 9.48. The van der Waals surface area contributed by atoms with Crippen molar-refractivity contribution in [3.05, 3.63) is 69.0 Å². The number of hydrogen-bond acceptors (Lipinski definition) is 4. The van der Waals surface area contributed by atoms with Gasteiger partial charge in [-0.25, -0.2) is 4.68 Å². The lowest BCUT2D eigenvalue weighted by Gasteiger charge is -2.11. The van der Waals surface area contributed by atoms with Crippen LogP contribution in [0.25, 0.3) is 28.5 Å². The summed E-state index contributed by atoms with van der Waals surface area (Å²) in [5.41, 5.74) is 4.12. The molecule has 0 saturated heterocycles. The minimum atomic E-state index is 0.481. The molecule has 1 saturated carbocycles. The van der Waals surface area contributed by atoms with Crippen molar-refractivity contribution in [2.75, 3.05) is 0 Å². The van der Waals surface area contributed by atoms with Crippen LogP contribution in [0.15, 0.2) is 47.0 Å². The minimum Gasteiger partial charge on any atom is -0.339 e. The topological polar surface area (TPSA) is 56.7 Å². The molecule has 0 N–H and O–H groups in total. The number of halogens is 3. The molecule has 4 aromatic rings. The number of aromatic nitrogens is 4. The Hall–Kier alpha value is -2.34. The molecule has 2 heterocycles. The van der Waals surface area contributed by atoms with E-state index in [0.29, 0.717) is 44.1 Å². The molecular formula is C24H21Cl3N4O. The van der Waals surface area contributed by atoms with Gasteiger partial charge in [0.25, 0.3) is 0 Å². The zero-order valence-corrected chi connectivity index (χ0v) is 19.8. The third-order valence-corrected chi connectivity index (χ3v) is 6.79. The lowest BCUT2D eigenvalue weighted by Crippen LogP contribution is -2.01. The maximum absolute atomic E-state index is 6.54. The van der Waals surface area contributed by atoms with Crippen molar-refractivity contribution in [2.24, 2.45) is 5.92 Å². The third-order valence-electron chi connectivity index (χ3n) is 6.00. The monoisotopic (exact) mass is 486 g/mol. The van der Waals surface area contributed by atoms with Crippen LogP contribution < -0.4 is 0 Å². The second kappa shape index (κ2) is 8.89. The molecule has 32 heavy (non-hydrogen) atoms. The Bertz CT molecular complexity index is 1260. The molecule has 0 atom stereocenters. The van der Waals surface area contributed by atoms with E-state index >= 15 is 0 Å². The summed E-state index contributed by atoms with van der Waals surface area (Å²) < 4.78 is 7.39. The predicted octanol–water partition coefficient (Wildman–Crippen LogP) is 7.59. The van der Waals surface area contributed by atoms with Gasteiger partial charge in [-0.05, 0) is 56.0 Å². The smallest absolute Gasteiger partial charge is 0.227 e. The molecule has 0 amide bonds. The summed E-state index contributed by atoms with van der Waals surface area (Å²) in [6.07, 6.45) is 5.82. The van der Waals surface area contributed by atoms with Crippen LogP contribution in [0.1, 0.15) is 37.1 Å². The van der Waals surface area contributed by atoms with Crippen molar-refractivity contribution in [3.8, 4) is 28.5 Å². The van der Waals surface area contributed by atoms with Crippen LogP contribution in [-0.4, -0.2) is 19.9 Å². The second-order valence-electron chi connectivity index (χ2n) is 8.20. The fourth-order valence-corrected chi connectivity index (χ4v) is 4.99. The van der Waals surface area contributed by atoms with E-state index < -0.39 is 0 Å². The Morgan fingerprint density at radius 1 is 1.00 bits per heavy atom. The molecule has 8 heteroatoms. The molecule has 2 aromatic heterocycles. The molecule has 0 unspecified atom stereocenters. The highest BCUT2D eigenvalue weighted by atomic mass is 35.5. The molecule has 0 radical (unpaired) electrons. The molecule has 1 fully saturated rings. The molecule has 0 spiro atoms. The maximum Gasteiger partial charge on any atom is 0.227 e. The Kier molecular flexibility index (Phi) is 5.97. The first kappa shape index (κ1) is 21.5. The van der Waals surface area contributed by atoms with Gasteiger partial charge in [-0.1, -0.05) is 64.9 Å². The van der Waals surface area contributed by atoms with Gasteiger partial charge in [-0.3, -0.25) is 0 Å². The van der Waals surface area contributed by atoms with Gasteiger partial charge in [0.1, 0.15) is 5.69 Å². The summed E-state index contributed by atoms with van der Waals surface area (Å²) in [7, 11) is 0. The van der Waals surface area contributed by atoms with E-state index in [2.05, 4.69) is 10.1 Å². The molecule has 1 aliphatic carbocycles. The van der Waals surface area contributed by atoms with E-state index in [1.807, 2.05) is 37.3 Å². The summed E-state index contributed by atoms with van der Waals surface area (Å²) in [5.74, 6) is 1.77. The lowest BCUT2D eigenvalue weighted by molar-refractivity contribution is 0.353. The molecule has 0 aliphatic heterocycles. The summed E-state index contributed by atoms with van der Waals surface area (Å²) in [6, 6.07) is 13.0. The predicted molar refractivity (Wildman–Crippen MR) is 128 cm³/mol. The van der Waals surface area contributed by atoms with Crippen LogP contribution >= 0.6 is 34.8 Å². The summed E-state index contributed by atoms with van der Waals surface area (Å²) in [5, 5.41) is 10.8. The van der Waals surface area contributed by atoms with E-state index in [0.717, 1.165) is 23.2 Å². The zero-order chi connectivity index (χ0) is 22.2. The van der Waals surface area contributed by atoms with Gasteiger partial charge in [-0.2, -0.15) is 10.1 Å². The highest BCUT2D eigenvalue weighted by molar-refractivity contribution is 6.35. The van der Waals surface area contributed by atoms with E-state index in [1.54, 1.807) is 16.8 Å². The molecule has 2 aromatic carbocycles. The average molecular weight is 488 g/mol. The van der Waals surface area contributed by atoms with Crippen molar-refractivity contribution >= 4 is 34.8 Å². The van der Waals surface area contributed by atoms with E-state index in [-0.39, 0.29) is 0 Å². The van der Waals surface area contributed by atoms with Crippen molar-refractivity contribution < 1.29 is 4.52 Å². The highest BCUT2D eigenvalue weighted by Crippen LogP contribution is 2.36. The van der Waals surface area contributed by atoms with E-state index in [1.165, 1.54) is 25.7 Å². The van der Waals surface area contributed by atoms with Crippen LogP contribution in [-0.2, 0) is 6.42 Å². The number of benzene rings is 2. The Morgan fingerprint density at radius 2 is 1.72 bits per heavy atom. The van der Waals surface area contributed by atoms with Crippen molar-refractivity contribution in [2.45, 2.75) is 39.0 Å². The fourth-order valence-electron chi connectivity index (χ4n) is 4.38. The van der Waals surface area contributed by atoms with Gasteiger partial charge in [0.2, 0.25) is 11.7 Å². The van der Waals surface area contributed by atoms with E-state index in [9.17, 15) is 0 Å². The number of hydrogen-bond donors (Lipinski definition) is 0. The fraction of sp³-hybridized carbons (Fsp3) is 0.292. The number of rotatable bonds is 5. The third kappa shape index (κ3) is 4.17. The summed E-state index contributed by atoms with van der Waals surface area (Å²) in [4.78, 5) is 4.67. The quantitative estimate of drug-likeness (QED) is 0.291. The van der Waals surface area contributed by atoms with Crippen molar-refractivity contribution in [3.63, 3.8) is 0 Å². The van der Waals surface area contributed by atoms with Gasteiger partial charge in [0.15, 0.2) is 0 Å². The van der Waals surface area contributed by atoms with E-state index in [4.69, 9.17) is 44.4 Å². The van der Waals surface area contributed by atoms with Gasteiger partial charge in [0, 0.05) is 27.6 Å². The van der Waals surface area contributed by atoms with Gasteiger partial charge in [0.05, 0.1) is 16.4 Å². The van der Waals surface area contributed by atoms with Crippen molar-refractivity contribution in [1.82, 2.24) is 19.9 Å². The minimum absolute atomic E-state index is 0.481. The molecule has 5 nitrogen and oxygen atoms in total. The zero-order valence-electron chi connectivity index (χ0n) is 17.5. The van der Waals surface area contributed by atoms with Crippen LogP contribution in [0.2, 0.25) is 15.1 Å². The van der Waals surface area contributed by atoms with Gasteiger partial charge < -0.3 is 4.52 Å². The first-order valence-corrected chi connectivity index (χ1v) is 11.8. The molecule has 5 rings (SSSR count). The summed E-state index contributed by atoms with van der Waals surface area (Å²) in [6.45, 7) is 2.00. The van der Waals surface area contributed by atoms with Crippen LogP contribution in [0.5, 0.6) is 0 Å². The SMILES string of the molecule is Cc1c(-c2noc(CC3CCCC3)n2)nn(-c2ccc(Cl)cc2Cl)c1-c1ccc(Cl)cc1. The largest absolute Gasteiger partial charge is 0.339 e. The van der Waals surface area contributed by atoms with Gasteiger partial charge >= 0.3 is 0 Å². The maximum atomic E-state index is 6.54. The molecule has 1 aliphatic rings. The average Bonchev–Trinajstić information content (AvgIpc) is 3.50. The molecular weight excluding hydrogens is 467 g/mol. The van der Waals surface area contributed by atoms with Crippen LogP contribution in [0.4, 0.5) is 0 Å². The Labute approximate surface area is 201 Å². The Balaban J connectivity index is 1.61. The molecule has 164 valence electrons. The first-order chi connectivity index (χ1) is 15.5. The lowest BCUT2D eigenvalue weighted by atomic mass is 10.0. The first-order valence-electron chi connectivity index (χ1n) is 10.6. The standard InChI is InChI=1S/C24H21Cl3N4O/c1-14-22(24-28-21(32-30-24)12-15-4-2-3-5-15)29-31(20-11-10-18(26)13-19(20)27)23(14)16-6-8-17(25)9-7-16/h6-11,13,15H,2-5,12H2,1H3. The highest BCUT2D eigenvalue weighted by Gasteiger charge is 2.24. The Morgan fingerprint density at radius 3 is 2.44 bits per heavy atom. The van der Waals surface area contributed by atoms with Crippen molar-refractivity contribution in [1.29, 1.82) is 0 Å². The van der Waals surface area contributed by atoms with Crippen LogP contribution in [0, 0.1) is 12.8 Å². The molecule has 0 bridgehead atoms. The van der Waals surface area contributed by atoms with Crippen LogP contribution in [0.3, 0.4) is 0 Å². The normalized spacial score (nSPS) is 14.4. The summed E-state index contributed by atoms with van der Waals surface area (Å²) >= 11 is 18.8. The van der Waals surface area contributed by atoms with Gasteiger partial charge in [-0.15, -0.1) is 0 Å².